The molecular formula is C48H46N6O3. The van der Waals surface area contributed by atoms with Gasteiger partial charge in [0.05, 0.1) is 39.6 Å². The third-order valence-corrected chi connectivity index (χ3v) is 10.6. The summed E-state index contributed by atoms with van der Waals surface area (Å²) in [7, 11) is 0. The van der Waals surface area contributed by atoms with Gasteiger partial charge in [-0.1, -0.05) is 94.4 Å². The number of aromatic nitrogens is 2. The maximum atomic E-state index is 13.2. The normalized spacial score (nSPS) is 17.8. The van der Waals surface area contributed by atoms with E-state index in [1.54, 1.807) is 36.9 Å². The molecule has 0 bridgehead atoms. The fourth-order valence-corrected chi connectivity index (χ4v) is 8.06. The molecule has 4 N–H and O–H groups in total. The molecule has 3 aromatic carbocycles. The molecule has 2 aliphatic carbocycles. The quantitative estimate of drug-likeness (QED) is 0.136. The molecule has 0 amide bonds. The predicted molar refractivity (Wildman–Crippen MR) is 227 cm³/mol. The van der Waals surface area contributed by atoms with Crippen LogP contribution >= 0.6 is 0 Å². The molecule has 5 aromatic rings. The summed E-state index contributed by atoms with van der Waals surface area (Å²) in [5, 5.41) is 17.5. The van der Waals surface area contributed by atoms with E-state index in [0.717, 1.165) is 91.3 Å². The number of hydrogen-bond donors (Lipinski definition) is 4. The van der Waals surface area contributed by atoms with Gasteiger partial charge in [0.1, 0.15) is 0 Å². The van der Waals surface area contributed by atoms with Crippen molar-refractivity contribution in [1.82, 2.24) is 15.0 Å². The summed E-state index contributed by atoms with van der Waals surface area (Å²) in [4.78, 5) is 38.7. The van der Waals surface area contributed by atoms with E-state index in [2.05, 4.69) is 72.6 Å². The van der Waals surface area contributed by atoms with E-state index in [4.69, 9.17) is 4.99 Å². The lowest BCUT2D eigenvalue weighted by Gasteiger charge is -2.29. The summed E-state index contributed by atoms with van der Waals surface area (Å²) in [6.45, 7) is 8.50. The van der Waals surface area contributed by atoms with E-state index in [9.17, 15) is 14.8 Å². The van der Waals surface area contributed by atoms with Crippen molar-refractivity contribution in [1.29, 1.82) is 0 Å². The first kappa shape index (κ1) is 37.3. The molecular weight excluding hydrogens is 709 g/mol. The third kappa shape index (κ3) is 7.92. The predicted octanol–water partition coefficient (Wildman–Crippen LogP) is 10.8. The molecule has 0 unspecified atom stereocenters. The van der Waals surface area contributed by atoms with Gasteiger partial charge in [-0.15, -0.1) is 0 Å². The number of nitrogens with zero attached hydrogens (tertiary/aromatic N) is 3. The first-order valence-electron chi connectivity index (χ1n) is 19.3. The van der Waals surface area contributed by atoms with Crippen LogP contribution in [0.15, 0.2) is 162 Å². The molecule has 4 heterocycles. The molecule has 0 spiro atoms. The summed E-state index contributed by atoms with van der Waals surface area (Å²) in [5.41, 5.74) is 12.5. The summed E-state index contributed by atoms with van der Waals surface area (Å²) in [6.07, 6.45) is 12.9. The van der Waals surface area contributed by atoms with Crippen LogP contribution in [0.5, 0.6) is 0 Å². The highest BCUT2D eigenvalue weighted by Crippen LogP contribution is 2.45. The monoisotopic (exact) mass is 754 g/mol. The first-order chi connectivity index (χ1) is 27.4. The van der Waals surface area contributed by atoms with Crippen molar-refractivity contribution in [2.45, 2.75) is 53.4 Å². The largest absolute Gasteiger partial charge is 0.356 e. The van der Waals surface area contributed by atoms with Crippen LogP contribution in [0.2, 0.25) is 0 Å². The lowest BCUT2D eigenvalue weighted by molar-refractivity contribution is -0.117. The van der Waals surface area contributed by atoms with Crippen molar-refractivity contribution < 1.29 is 14.8 Å². The smallest absolute Gasteiger partial charge is 0.167 e. The molecule has 2 aromatic heterocycles. The highest BCUT2D eigenvalue weighted by Gasteiger charge is 2.40. The van der Waals surface area contributed by atoms with E-state index >= 15 is 0 Å². The van der Waals surface area contributed by atoms with Crippen molar-refractivity contribution in [3.8, 4) is 22.4 Å². The van der Waals surface area contributed by atoms with Gasteiger partial charge in [-0.05, 0) is 71.7 Å². The molecule has 9 rings (SSSR count). The second-order valence-corrected chi connectivity index (χ2v) is 16.5. The van der Waals surface area contributed by atoms with Crippen LogP contribution in [0.1, 0.15) is 63.0 Å². The number of benzene rings is 3. The number of carbonyl (C=O) groups is 2. The zero-order chi connectivity index (χ0) is 39.7. The van der Waals surface area contributed by atoms with Gasteiger partial charge in [-0.25, -0.2) is 10.1 Å². The maximum Gasteiger partial charge on any atom is 0.167 e. The second kappa shape index (κ2) is 15.2. The van der Waals surface area contributed by atoms with Crippen molar-refractivity contribution in [3.05, 3.63) is 168 Å². The van der Waals surface area contributed by atoms with E-state index in [1.807, 2.05) is 72.8 Å². The molecule has 0 saturated heterocycles. The lowest BCUT2D eigenvalue weighted by atomic mass is 9.73. The number of allylic oxidation sites excluding steroid dienone is 4. The molecule has 1 fully saturated rings. The van der Waals surface area contributed by atoms with Gasteiger partial charge in [0.15, 0.2) is 11.6 Å². The minimum absolute atomic E-state index is 0.0519. The fourth-order valence-electron chi connectivity index (χ4n) is 8.06. The SMILES string of the molecule is CC1(C)CC(=O)C2=C(Nc3ccccc3)C(=C3C=CN(O)C=C3)N=C2C1.CC1(C)CC(=O)c2c([nH]c(-c3ccncc3)c2Nc2ccccc2-c2ccccc2)C1. The van der Waals surface area contributed by atoms with E-state index in [-0.39, 0.29) is 22.4 Å². The Hall–Kier alpha value is -6.58. The Balaban J connectivity index is 0.000000162. The van der Waals surface area contributed by atoms with E-state index < -0.39 is 0 Å². The first-order valence-corrected chi connectivity index (χ1v) is 19.3. The summed E-state index contributed by atoms with van der Waals surface area (Å²) < 4.78 is 0. The van der Waals surface area contributed by atoms with Crippen LogP contribution in [-0.4, -0.2) is 37.5 Å². The Labute approximate surface area is 333 Å². The second-order valence-electron chi connectivity index (χ2n) is 16.5. The average molecular weight is 755 g/mol. The zero-order valence-electron chi connectivity index (χ0n) is 32.6. The van der Waals surface area contributed by atoms with Crippen LogP contribution in [0.4, 0.5) is 17.1 Å². The lowest BCUT2D eigenvalue weighted by Crippen LogP contribution is -2.31. The molecule has 4 aliphatic rings. The van der Waals surface area contributed by atoms with Gasteiger partial charge in [-0.2, -0.15) is 0 Å². The number of Topliss-reactive ketones (excluding diaryl/α,β-unsaturated/α-hetero) is 2. The number of H-pyrrole nitrogens is 1. The minimum atomic E-state index is -0.0858. The number of aliphatic imine (C=N–C) groups is 1. The minimum Gasteiger partial charge on any atom is -0.356 e. The van der Waals surface area contributed by atoms with Gasteiger partial charge in [-0.3, -0.25) is 19.8 Å². The Kier molecular flexibility index (Phi) is 9.93. The fraction of sp³-hybridized carbons (Fsp3) is 0.208. The topological polar surface area (TPSA) is 123 Å². The molecule has 57 heavy (non-hydrogen) atoms. The van der Waals surface area contributed by atoms with Crippen molar-refractivity contribution in [2.24, 2.45) is 15.8 Å². The summed E-state index contributed by atoms with van der Waals surface area (Å²) in [5.74, 6) is 0.309. The standard InChI is InChI=1S/C27H25N3O.C21H21N3O2/c1-27(2)16-22-24(23(31)17-27)26(25(30-22)19-12-14-28-15-13-19)29-21-11-7-6-10-20(21)18-8-4-3-5-9-18;1-21(2)12-16-18(17(25)13-21)20(22-15-6-4-3-5-7-15)19(23-16)14-8-10-24(26)11-9-14/h3-15,29-30H,16-17H2,1-2H3;3-11,22,26H,12-13H2,1-2H3. The van der Waals surface area contributed by atoms with Crippen LogP contribution in [-0.2, 0) is 11.2 Å². The van der Waals surface area contributed by atoms with E-state index in [0.29, 0.717) is 18.4 Å². The van der Waals surface area contributed by atoms with E-state index in [1.165, 1.54) is 0 Å². The summed E-state index contributed by atoms with van der Waals surface area (Å²) >= 11 is 0. The van der Waals surface area contributed by atoms with Crippen molar-refractivity contribution in [3.63, 3.8) is 0 Å². The molecule has 1 saturated carbocycles. The van der Waals surface area contributed by atoms with Crippen LogP contribution in [0.3, 0.4) is 0 Å². The number of rotatable bonds is 6. The molecule has 286 valence electrons. The molecule has 9 nitrogen and oxygen atoms in total. The number of carbonyl (C=O) groups excluding carboxylic acids is 2. The number of hydroxylamine groups is 2. The van der Waals surface area contributed by atoms with Gasteiger partial charge in [0.25, 0.3) is 0 Å². The number of fused-ring (bicyclic) bond motifs is 2. The molecule has 9 heteroatoms. The zero-order valence-corrected chi connectivity index (χ0v) is 32.6. The number of hydrogen-bond acceptors (Lipinski definition) is 8. The number of pyridine rings is 1. The molecule has 2 aliphatic heterocycles. The highest BCUT2D eigenvalue weighted by molar-refractivity contribution is 6.27. The number of para-hydroxylation sites is 2. The van der Waals surface area contributed by atoms with Gasteiger partial charge in [0, 0.05) is 71.4 Å². The van der Waals surface area contributed by atoms with Gasteiger partial charge >= 0.3 is 0 Å². The Bertz CT molecular complexity index is 2490. The van der Waals surface area contributed by atoms with Crippen LogP contribution in [0, 0.1) is 10.8 Å². The van der Waals surface area contributed by atoms with Crippen molar-refractivity contribution >= 4 is 34.3 Å². The van der Waals surface area contributed by atoms with Crippen LogP contribution < -0.4 is 10.6 Å². The maximum absolute atomic E-state index is 13.2. The average Bonchev–Trinajstić information content (AvgIpc) is 3.73. The summed E-state index contributed by atoms with van der Waals surface area (Å²) in [6, 6.07) is 32.3. The molecule has 0 atom stereocenters. The number of nitrogens with one attached hydrogen (secondary N) is 3. The number of anilines is 3. The Morgan fingerprint density at radius 1 is 0.702 bits per heavy atom. The Morgan fingerprint density at radius 3 is 2.05 bits per heavy atom. The van der Waals surface area contributed by atoms with Gasteiger partial charge < -0.3 is 15.6 Å². The van der Waals surface area contributed by atoms with Gasteiger partial charge in [0.2, 0.25) is 0 Å². The van der Waals surface area contributed by atoms with Crippen molar-refractivity contribution in [2.75, 3.05) is 10.6 Å². The third-order valence-electron chi connectivity index (χ3n) is 10.6. The Morgan fingerprint density at radius 2 is 1.33 bits per heavy atom. The highest BCUT2D eigenvalue weighted by atomic mass is 16.5. The molecule has 0 radical (unpaired) electrons. The number of ketones is 2. The van der Waals surface area contributed by atoms with Crippen LogP contribution in [0.25, 0.3) is 22.4 Å². The number of aromatic amines is 1.